The molecule has 0 spiro atoms. The maximum atomic E-state index is 12.4. The first-order valence-electron chi connectivity index (χ1n) is 25.1. The lowest BCUT2D eigenvalue weighted by Crippen LogP contribution is -2.45. The van der Waals surface area contributed by atoms with Crippen LogP contribution in [-0.2, 0) is 4.79 Å². The first-order chi connectivity index (χ1) is 29.7. The third-order valence-electron chi connectivity index (χ3n) is 10.7. The standard InChI is InChI=1S/C56H95NO3/c1-3-5-7-9-11-13-15-16-17-18-19-20-21-22-23-24-25-26-27-28-29-30-31-32-33-34-35-36-37-38-39-40-42-44-46-48-50-52-56(60)57-54(53-58)55(59)51-49-47-45-43-41-14-12-10-8-6-4-2/h5,7,11,13,16-17,19-20,22-23,25-26,28-29,41,43,49,51,54-55,58-59H,3-4,6,8-10,12,14-15,18,21,24,27,30-40,42,44-48,50,52-53H2,1-2H3,(H,57,60)/b7-5-,13-11-,17-16-,20-19-,23-22-,26-25-,29-28-,43-41+,51-49+. The summed E-state index contributed by atoms with van der Waals surface area (Å²) in [5.41, 5.74) is 0. The minimum Gasteiger partial charge on any atom is -0.394 e. The molecule has 0 saturated heterocycles. The minimum atomic E-state index is -0.865. The summed E-state index contributed by atoms with van der Waals surface area (Å²) in [5, 5.41) is 22.9. The highest BCUT2D eigenvalue weighted by atomic mass is 16.3. The average molecular weight is 830 g/mol. The van der Waals surface area contributed by atoms with Gasteiger partial charge in [-0.25, -0.2) is 0 Å². The van der Waals surface area contributed by atoms with Crippen molar-refractivity contribution < 1.29 is 15.0 Å². The molecule has 0 aliphatic heterocycles. The van der Waals surface area contributed by atoms with Crippen LogP contribution in [0.5, 0.6) is 0 Å². The maximum absolute atomic E-state index is 12.4. The van der Waals surface area contributed by atoms with E-state index in [-0.39, 0.29) is 12.5 Å². The van der Waals surface area contributed by atoms with Crippen LogP contribution in [0.2, 0.25) is 0 Å². The molecular weight excluding hydrogens is 735 g/mol. The van der Waals surface area contributed by atoms with Gasteiger partial charge in [0.1, 0.15) is 0 Å². The number of carbonyl (C=O) groups excluding carboxylic acids is 1. The molecular formula is C56H95NO3. The second-order valence-corrected chi connectivity index (χ2v) is 16.5. The van der Waals surface area contributed by atoms with Gasteiger partial charge in [0.2, 0.25) is 5.91 Å². The Morgan fingerprint density at radius 2 is 0.750 bits per heavy atom. The van der Waals surface area contributed by atoms with Gasteiger partial charge < -0.3 is 15.5 Å². The number of nitrogens with one attached hydrogen (secondary N) is 1. The van der Waals surface area contributed by atoms with Gasteiger partial charge in [-0.3, -0.25) is 4.79 Å². The second kappa shape index (κ2) is 50.4. The maximum Gasteiger partial charge on any atom is 0.220 e. The summed E-state index contributed by atoms with van der Waals surface area (Å²) in [6.45, 7) is 4.15. The molecule has 0 fully saturated rings. The molecule has 4 nitrogen and oxygen atoms in total. The molecule has 1 amide bonds. The average Bonchev–Trinajstić information content (AvgIpc) is 3.25. The highest BCUT2D eigenvalue weighted by molar-refractivity contribution is 5.76. The third-order valence-corrected chi connectivity index (χ3v) is 10.7. The van der Waals surface area contributed by atoms with Gasteiger partial charge in [-0.05, 0) is 89.9 Å². The van der Waals surface area contributed by atoms with Crippen molar-refractivity contribution in [3.8, 4) is 0 Å². The molecule has 0 aliphatic carbocycles. The van der Waals surface area contributed by atoms with E-state index in [0.717, 1.165) is 77.0 Å². The van der Waals surface area contributed by atoms with E-state index < -0.39 is 12.1 Å². The van der Waals surface area contributed by atoms with Gasteiger partial charge in [0.05, 0.1) is 18.8 Å². The van der Waals surface area contributed by atoms with Crippen molar-refractivity contribution in [1.82, 2.24) is 5.32 Å². The van der Waals surface area contributed by atoms with Gasteiger partial charge in [-0.15, -0.1) is 0 Å². The monoisotopic (exact) mass is 830 g/mol. The number of hydrogen-bond acceptors (Lipinski definition) is 3. The van der Waals surface area contributed by atoms with Crippen LogP contribution in [0.15, 0.2) is 109 Å². The van der Waals surface area contributed by atoms with Crippen molar-refractivity contribution in [3.63, 3.8) is 0 Å². The van der Waals surface area contributed by atoms with Crippen molar-refractivity contribution in [3.05, 3.63) is 109 Å². The van der Waals surface area contributed by atoms with Crippen molar-refractivity contribution in [2.24, 2.45) is 0 Å². The van der Waals surface area contributed by atoms with Gasteiger partial charge in [0, 0.05) is 6.42 Å². The van der Waals surface area contributed by atoms with Gasteiger partial charge >= 0.3 is 0 Å². The van der Waals surface area contributed by atoms with Gasteiger partial charge in [-0.2, -0.15) is 0 Å². The fourth-order valence-corrected chi connectivity index (χ4v) is 6.94. The van der Waals surface area contributed by atoms with E-state index in [4.69, 9.17) is 0 Å². The summed E-state index contributed by atoms with van der Waals surface area (Å²) in [6, 6.07) is -0.643. The van der Waals surface area contributed by atoms with Crippen molar-refractivity contribution in [2.45, 2.75) is 231 Å². The zero-order valence-corrected chi connectivity index (χ0v) is 39.2. The highest BCUT2D eigenvalue weighted by Crippen LogP contribution is 2.15. The van der Waals surface area contributed by atoms with Crippen LogP contribution in [0.1, 0.15) is 219 Å². The Morgan fingerprint density at radius 1 is 0.417 bits per heavy atom. The lowest BCUT2D eigenvalue weighted by Gasteiger charge is -2.19. The zero-order chi connectivity index (χ0) is 43.5. The fraction of sp³-hybridized carbons (Fsp3) is 0.661. The van der Waals surface area contributed by atoms with Crippen LogP contribution in [0.3, 0.4) is 0 Å². The SMILES string of the molecule is CC/C=C\C/C=C\C/C=C\C/C=C\C/C=C\C/C=C\C/C=C\CCCCCCCCCCCCCCCCCC(=O)NC(CO)C(O)/C=C/CC/C=C/CCCCCCC. The number of hydrogen-bond donors (Lipinski definition) is 3. The lowest BCUT2D eigenvalue weighted by atomic mass is 10.0. The molecule has 0 aromatic heterocycles. The number of amides is 1. The molecule has 4 heteroatoms. The molecule has 3 N–H and O–H groups in total. The number of carbonyl (C=O) groups is 1. The predicted octanol–water partition coefficient (Wildman–Crippen LogP) is 16.4. The van der Waals surface area contributed by atoms with E-state index in [0.29, 0.717) is 6.42 Å². The molecule has 342 valence electrons. The Balaban J connectivity index is 3.54. The molecule has 0 radical (unpaired) electrons. The van der Waals surface area contributed by atoms with Crippen molar-refractivity contribution >= 4 is 5.91 Å². The van der Waals surface area contributed by atoms with E-state index in [1.165, 1.54) is 122 Å². The molecule has 2 atom stereocenters. The number of allylic oxidation sites excluding steroid dienone is 17. The largest absolute Gasteiger partial charge is 0.394 e. The molecule has 0 aromatic rings. The van der Waals surface area contributed by atoms with Crippen LogP contribution < -0.4 is 5.32 Å². The number of rotatable bonds is 44. The zero-order valence-electron chi connectivity index (χ0n) is 39.2. The highest BCUT2D eigenvalue weighted by Gasteiger charge is 2.17. The second-order valence-electron chi connectivity index (χ2n) is 16.5. The smallest absolute Gasteiger partial charge is 0.220 e. The molecule has 0 heterocycles. The summed E-state index contributed by atoms with van der Waals surface area (Å²) in [6.07, 6.45) is 76.6. The molecule has 2 unspecified atom stereocenters. The molecule has 60 heavy (non-hydrogen) atoms. The Hall–Kier alpha value is -2.95. The number of unbranched alkanes of at least 4 members (excludes halogenated alkanes) is 21. The first-order valence-corrected chi connectivity index (χ1v) is 25.1. The van der Waals surface area contributed by atoms with Gasteiger partial charge in [-0.1, -0.05) is 232 Å². The minimum absolute atomic E-state index is 0.0797. The van der Waals surface area contributed by atoms with Gasteiger partial charge in [0.15, 0.2) is 0 Å². The van der Waals surface area contributed by atoms with Crippen LogP contribution in [0.25, 0.3) is 0 Å². The molecule has 0 saturated carbocycles. The van der Waals surface area contributed by atoms with Gasteiger partial charge in [0.25, 0.3) is 0 Å². The molecule has 0 rings (SSSR count). The van der Waals surface area contributed by atoms with Crippen molar-refractivity contribution in [2.75, 3.05) is 6.61 Å². The topological polar surface area (TPSA) is 69.6 Å². The van der Waals surface area contributed by atoms with E-state index >= 15 is 0 Å². The summed E-state index contributed by atoms with van der Waals surface area (Å²) in [5.74, 6) is -0.0797. The Labute approximate surface area is 372 Å². The summed E-state index contributed by atoms with van der Waals surface area (Å²) < 4.78 is 0. The Bertz CT molecular complexity index is 1170. The van der Waals surface area contributed by atoms with Crippen molar-refractivity contribution in [1.29, 1.82) is 0 Å². The van der Waals surface area contributed by atoms with E-state index in [9.17, 15) is 15.0 Å². The number of aliphatic hydroxyl groups is 2. The molecule has 0 bridgehead atoms. The van der Waals surface area contributed by atoms with E-state index in [2.05, 4.69) is 116 Å². The lowest BCUT2D eigenvalue weighted by molar-refractivity contribution is -0.123. The Kier molecular flexibility index (Phi) is 47.9. The van der Waals surface area contributed by atoms with Crippen LogP contribution in [-0.4, -0.2) is 34.9 Å². The first kappa shape index (κ1) is 57.1. The van der Waals surface area contributed by atoms with Crippen LogP contribution >= 0.6 is 0 Å². The third kappa shape index (κ3) is 46.1. The summed E-state index contributed by atoms with van der Waals surface area (Å²) in [7, 11) is 0. The molecule has 0 aliphatic rings. The Morgan fingerprint density at radius 3 is 1.17 bits per heavy atom. The van der Waals surface area contributed by atoms with E-state index in [1.54, 1.807) is 6.08 Å². The fourth-order valence-electron chi connectivity index (χ4n) is 6.94. The summed E-state index contributed by atoms with van der Waals surface area (Å²) >= 11 is 0. The van der Waals surface area contributed by atoms with E-state index in [1.807, 2.05) is 6.08 Å². The quantitative estimate of drug-likeness (QED) is 0.0423. The van der Waals surface area contributed by atoms with Crippen LogP contribution in [0.4, 0.5) is 0 Å². The normalized spacial score (nSPS) is 13.9. The summed E-state index contributed by atoms with van der Waals surface area (Å²) in [4.78, 5) is 12.4. The van der Waals surface area contributed by atoms with Crippen LogP contribution in [0, 0.1) is 0 Å². The number of aliphatic hydroxyl groups excluding tert-OH is 2. The predicted molar refractivity (Wildman–Crippen MR) is 266 cm³/mol. The molecule has 0 aromatic carbocycles.